The Morgan fingerprint density at radius 3 is 2.47 bits per heavy atom. The maximum Gasteiger partial charge on any atom is 0.320 e. The van der Waals surface area contributed by atoms with Crippen LogP contribution < -0.4 is 5.32 Å². The van der Waals surface area contributed by atoms with E-state index in [0.717, 1.165) is 18.9 Å². The molecule has 0 aliphatic heterocycles. The van der Waals surface area contributed by atoms with Crippen molar-refractivity contribution in [3.8, 4) is 0 Å². The molecule has 1 fully saturated rings. The highest BCUT2D eigenvalue weighted by Crippen LogP contribution is 2.24. The molecule has 0 spiro atoms. The third kappa shape index (κ3) is 5.17. The predicted molar refractivity (Wildman–Crippen MR) is 60.9 cm³/mol. The minimum absolute atomic E-state index is 0.407. The molecule has 0 aromatic heterocycles. The lowest BCUT2D eigenvalue weighted by atomic mass is 9.96. The summed E-state index contributed by atoms with van der Waals surface area (Å²) in [5.74, 6) is 0.0665. The van der Waals surface area contributed by atoms with Gasteiger partial charge < -0.3 is 10.4 Å². The van der Waals surface area contributed by atoms with Crippen LogP contribution in [0.3, 0.4) is 0 Å². The fraction of sp³-hybridized carbons (Fsp3) is 0.917. The van der Waals surface area contributed by atoms with Gasteiger partial charge in [-0.1, -0.05) is 38.5 Å². The van der Waals surface area contributed by atoms with Gasteiger partial charge >= 0.3 is 5.97 Å². The number of hydrogen-bond donors (Lipinski definition) is 2. The molecular weight excluding hydrogens is 190 g/mol. The Balaban J connectivity index is 2.10. The van der Waals surface area contributed by atoms with E-state index in [2.05, 4.69) is 5.32 Å². The second-order valence-electron chi connectivity index (χ2n) is 4.66. The Morgan fingerprint density at radius 1 is 1.33 bits per heavy atom. The zero-order chi connectivity index (χ0) is 11.1. The summed E-state index contributed by atoms with van der Waals surface area (Å²) in [5.41, 5.74) is 0. The zero-order valence-corrected chi connectivity index (χ0v) is 9.67. The maximum absolute atomic E-state index is 10.6. The van der Waals surface area contributed by atoms with Gasteiger partial charge in [0.05, 0.1) is 0 Å². The van der Waals surface area contributed by atoms with Crippen LogP contribution in [0.5, 0.6) is 0 Å². The van der Waals surface area contributed by atoms with E-state index in [4.69, 9.17) is 5.11 Å². The quantitative estimate of drug-likeness (QED) is 0.689. The molecule has 1 aliphatic carbocycles. The van der Waals surface area contributed by atoms with Crippen molar-refractivity contribution in [3.05, 3.63) is 0 Å². The first kappa shape index (κ1) is 12.5. The Kier molecular flexibility index (Phi) is 5.69. The number of hydrogen-bond acceptors (Lipinski definition) is 2. The largest absolute Gasteiger partial charge is 0.480 e. The summed E-state index contributed by atoms with van der Waals surface area (Å²) >= 11 is 0. The van der Waals surface area contributed by atoms with Gasteiger partial charge in [-0.05, 0) is 25.8 Å². The van der Waals surface area contributed by atoms with Crippen LogP contribution in [0.2, 0.25) is 0 Å². The second-order valence-corrected chi connectivity index (χ2v) is 4.66. The molecule has 1 unspecified atom stereocenters. The van der Waals surface area contributed by atoms with Crippen molar-refractivity contribution in [2.24, 2.45) is 5.92 Å². The topological polar surface area (TPSA) is 49.3 Å². The lowest BCUT2D eigenvalue weighted by molar-refractivity contribution is -0.139. The van der Waals surface area contributed by atoms with E-state index in [1.54, 1.807) is 6.92 Å². The number of carbonyl (C=O) groups is 1. The summed E-state index contributed by atoms with van der Waals surface area (Å²) in [6, 6.07) is -0.407. The van der Waals surface area contributed by atoms with Crippen LogP contribution in [0.25, 0.3) is 0 Å². The number of nitrogens with one attached hydrogen (secondary N) is 1. The molecule has 0 heterocycles. The monoisotopic (exact) mass is 213 g/mol. The molecule has 1 atom stereocenters. The van der Waals surface area contributed by atoms with Gasteiger partial charge in [0.2, 0.25) is 0 Å². The Labute approximate surface area is 92.3 Å². The van der Waals surface area contributed by atoms with E-state index in [1.165, 1.54) is 38.5 Å². The molecule has 0 amide bonds. The second kappa shape index (κ2) is 6.83. The van der Waals surface area contributed by atoms with Gasteiger partial charge in [-0.15, -0.1) is 0 Å². The number of carboxylic acid groups (broad SMARTS) is 1. The molecule has 0 aromatic rings. The van der Waals surface area contributed by atoms with Crippen molar-refractivity contribution in [2.75, 3.05) is 6.54 Å². The third-order valence-corrected chi connectivity index (χ3v) is 3.35. The number of rotatable bonds is 5. The van der Waals surface area contributed by atoms with Crippen LogP contribution in [0.15, 0.2) is 0 Å². The summed E-state index contributed by atoms with van der Waals surface area (Å²) in [6.07, 6.45) is 9.30. The van der Waals surface area contributed by atoms with E-state index in [9.17, 15) is 4.79 Å². The van der Waals surface area contributed by atoms with Crippen LogP contribution in [0, 0.1) is 5.92 Å². The van der Waals surface area contributed by atoms with Gasteiger partial charge in [0, 0.05) is 0 Å². The minimum Gasteiger partial charge on any atom is -0.480 e. The lowest BCUT2D eigenvalue weighted by Gasteiger charge is -2.15. The fourth-order valence-corrected chi connectivity index (χ4v) is 2.24. The fourth-order valence-electron chi connectivity index (χ4n) is 2.24. The summed E-state index contributed by atoms with van der Waals surface area (Å²) in [4.78, 5) is 10.6. The van der Waals surface area contributed by atoms with Crippen LogP contribution in [-0.2, 0) is 4.79 Å². The predicted octanol–water partition coefficient (Wildman–Crippen LogP) is 2.41. The van der Waals surface area contributed by atoms with Crippen molar-refractivity contribution >= 4 is 5.97 Å². The normalized spacial score (nSPS) is 20.9. The maximum atomic E-state index is 10.6. The molecule has 15 heavy (non-hydrogen) atoms. The highest BCUT2D eigenvalue weighted by atomic mass is 16.4. The van der Waals surface area contributed by atoms with Gasteiger partial charge in [-0.2, -0.15) is 0 Å². The molecule has 88 valence electrons. The summed E-state index contributed by atoms with van der Waals surface area (Å²) in [5, 5.41) is 11.8. The van der Waals surface area contributed by atoms with Crippen molar-refractivity contribution in [3.63, 3.8) is 0 Å². The van der Waals surface area contributed by atoms with Gasteiger partial charge in [-0.25, -0.2) is 0 Å². The van der Waals surface area contributed by atoms with Crippen molar-refractivity contribution in [1.82, 2.24) is 5.32 Å². The SMILES string of the molecule is CC(NCCC1CCCCCC1)C(=O)O. The number of aliphatic carboxylic acids is 1. The third-order valence-electron chi connectivity index (χ3n) is 3.35. The van der Waals surface area contributed by atoms with Gasteiger partial charge in [-0.3, -0.25) is 4.79 Å². The van der Waals surface area contributed by atoms with Crippen molar-refractivity contribution in [1.29, 1.82) is 0 Å². The standard InChI is InChI=1S/C12H23NO2/c1-10(12(14)15)13-9-8-11-6-4-2-3-5-7-11/h10-11,13H,2-9H2,1H3,(H,14,15). The first-order valence-corrected chi connectivity index (χ1v) is 6.16. The molecule has 0 bridgehead atoms. The molecule has 3 nitrogen and oxygen atoms in total. The lowest BCUT2D eigenvalue weighted by Crippen LogP contribution is -2.34. The van der Waals surface area contributed by atoms with Gasteiger partial charge in [0.15, 0.2) is 0 Å². The van der Waals surface area contributed by atoms with E-state index in [-0.39, 0.29) is 0 Å². The summed E-state index contributed by atoms with van der Waals surface area (Å²) in [7, 11) is 0. The first-order chi connectivity index (χ1) is 7.20. The molecule has 0 saturated heterocycles. The average Bonchev–Trinajstić information content (AvgIpc) is 2.46. The first-order valence-electron chi connectivity index (χ1n) is 6.16. The molecule has 0 radical (unpaired) electrons. The van der Waals surface area contributed by atoms with E-state index >= 15 is 0 Å². The molecule has 3 heteroatoms. The van der Waals surface area contributed by atoms with Crippen molar-refractivity contribution in [2.45, 2.75) is 57.9 Å². The Hall–Kier alpha value is -0.570. The molecule has 1 saturated carbocycles. The Bertz CT molecular complexity index is 186. The molecule has 1 rings (SSSR count). The zero-order valence-electron chi connectivity index (χ0n) is 9.67. The summed E-state index contributed by atoms with van der Waals surface area (Å²) in [6.45, 7) is 2.55. The summed E-state index contributed by atoms with van der Waals surface area (Å²) < 4.78 is 0. The molecular formula is C12H23NO2. The van der Waals surface area contributed by atoms with E-state index < -0.39 is 12.0 Å². The highest BCUT2D eigenvalue weighted by molar-refractivity contribution is 5.72. The Morgan fingerprint density at radius 2 is 1.93 bits per heavy atom. The highest BCUT2D eigenvalue weighted by Gasteiger charge is 2.13. The van der Waals surface area contributed by atoms with Crippen molar-refractivity contribution < 1.29 is 9.90 Å². The van der Waals surface area contributed by atoms with Crippen LogP contribution in [0.1, 0.15) is 51.9 Å². The molecule has 0 aromatic carbocycles. The smallest absolute Gasteiger partial charge is 0.320 e. The average molecular weight is 213 g/mol. The van der Waals surface area contributed by atoms with Crippen LogP contribution >= 0.6 is 0 Å². The van der Waals surface area contributed by atoms with E-state index in [0.29, 0.717) is 0 Å². The number of carboxylic acids is 1. The minimum atomic E-state index is -0.754. The van der Waals surface area contributed by atoms with Gasteiger partial charge in [0.1, 0.15) is 6.04 Å². The van der Waals surface area contributed by atoms with E-state index in [1.807, 2.05) is 0 Å². The molecule has 2 N–H and O–H groups in total. The molecule has 1 aliphatic rings. The van der Waals surface area contributed by atoms with Crippen LogP contribution in [-0.4, -0.2) is 23.7 Å². The van der Waals surface area contributed by atoms with Crippen LogP contribution in [0.4, 0.5) is 0 Å². The van der Waals surface area contributed by atoms with Gasteiger partial charge in [0.25, 0.3) is 0 Å².